The quantitative estimate of drug-likeness (QED) is 0.724. The smallest absolute Gasteiger partial charge is 0.420 e. The monoisotopic (exact) mass is 326 g/mol. The van der Waals surface area contributed by atoms with Gasteiger partial charge in [-0.3, -0.25) is 0 Å². The summed E-state index contributed by atoms with van der Waals surface area (Å²) in [4.78, 5) is 0. The minimum Gasteiger partial charge on any atom is -0.507 e. The van der Waals surface area contributed by atoms with Gasteiger partial charge in [0, 0.05) is 0 Å². The van der Waals surface area contributed by atoms with Gasteiger partial charge in [-0.05, 0) is 48.9 Å². The van der Waals surface area contributed by atoms with Crippen LogP contribution in [-0.2, 0) is 6.18 Å². The lowest BCUT2D eigenvalue weighted by atomic mass is 10.2. The van der Waals surface area contributed by atoms with Gasteiger partial charge < -0.3 is 14.6 Å². The van der Waals surface area contributed by atoms with Crippen molar-refractivity contribution in [2.75, 3.05) is 6.61 Å². The fourth-order valence-corrected chi connectivity index (χ4v) is 1.88. The van der Waals surface area contributed by atoms with Crippen molar-refractivity contribution in [1.82, 2.24) is 0 Å². The molecule has 1 N–H and O–H groups in total. The third kappa shape index (κ3) is 4.81. The molecule has 0 bridgehead atoms. The fraction of sp³-hybridized carbons (Fsp3) is 0.294. The molecule has 0 amide bonds. The molecule has 0 aliphatic heterocycles. The lowest BCUT2D eigenvalue weighted by Gasteiger charge is -2.12. The molecule has 0 aromatic heterocycles. The van der Waals surface area contributed by atoms with Crippen molar-refractivity contribution in [3.63, 3.8) is 0 Å². The van der Waals surface area contributed by atoms with Crippen LogP contribution < -0.4 is 9.47 Å². The largest absolute Gasteiger partial charge is 0.507 e. The van der Waals surface area contributed by atoms with Crippen LogP contribution in [0.2, 0.25) is 0 Å². The molecule has 0 saturated carbocycles. The van der Waals surface area contributed by atoms with Gasteiger partial charge in [0.05, 0.1) is 6.61 Å². The van der Waals surface area contributed by atoms with Gasteiger partial charge in [-0.15, -0.1) is 0 Å². The molecular weight excluding hydrogens is 309 g/mol. The molecule has 0 atom stereocenters. The molecule has 2 aromatic rings. The molecule has 0 aliphatic carbocycles. The van der Waals surface area contributed by atoms with Gasteiger partial charge >= 0.3 is 6.18 Å². The maximum absolute atomic E-state index is 12.7. The predicted octanol–water partition coefficient (Wildman–Crippen LogP) is 5.38. The Labute approximate surface area is 132 Å². The van der Waals surface area contributed by atoms with Crippen LogP contribution in [0.3, 0.4) is 0 Å². The Morgan fingerprint density at radius 3 is 2.17 bits per heavy atom. The fourth-order valence-electron chi connectivity index (χ4n) is 1.88. The number of alkyl halides is 3. The maximum atomic E-state index is 12.7. The number of phenols is 1. The highest BCUT2D eigenvalue weighted by atomic mass is 19.4. The molecule has 2 aromatic carbocycles. The predicted molar refractivity (Wildman–Crippen MR) is 80.0 cm³/mol. The zero-order chi connectivity index (χ0) is 16.9. The second kappa shape index (κ2) is 7.26. The zero-order valence-corrected chi connectivity index (χ0v) is 12.6. The van der Waals surface area contributed by atoms with Crippen molar-refractivity contribution in [2.24, 2.45) is 0 Å². The van der Waals surface area contributed by atoms with E-state index in [1.165, 1.54) is 6.07 Å². The Kier molecular flexibility index (Phi) is 5.36. The number of benzene rings is 2. The Morgan fingerprint density at radius 2 is 1.57 bits per heavy atom. The number of hydrogen-bond acceptors (Lipinski definition) is 3. The number of ether oxygens (including phenoxy) is 2. The molecule has 124 valence electrons. The summed E-state index contributed by atoms with van der Waals surface area (Å²) >= 11 is 0. The van der Waals surface area contributed by atoms with Crippen LogP contribution >= 0.6 is 0 Å². The van der Waals surface area contributed by atoms with Gasteiger partial charge in [0.25, 0.3) is 0 Å². The number of halogens is 3. The first kappa shape index (κ1) is 17.0. The SMILES string of the molecule is CCCCOc1ccc(Oc2ccc(O)c(C(F)(F)F)c2)cc1. The van der Waals surface area contributed by atoms with E-state index in [-0.39, 0.29) is 5.75 Å². The Balaban J connectivity index is 2.07. The number of hydrogen-bond donors (Lipinski definition) is 1. The summed E-state index contributed by atoms with van der Waals surface area (Å²) in [5.74, 6) is 0.221. The highest BCUT2D eigenvalue weighted by molar-refractivity contribution is 5.43. The lowest BCUT2D eigenvalue weighted by Crippen LogP contribution is -2.05. The van der Waals surface area contributed by atoms with Gasteiger partial charge in [-0.1, -0.05) is 13.3 Å². The molecule has 0 saturated heterocycles. The van der Waals surface area contributed by atoms with Crippen LogP contribution in [0.4, 0.5) is 13.2 Å². The molecule has 0 heterocycles. The van der Waals surface area contributed by atoms with E-state index in [9.17, 15) is 18.3 Å². The number of aromatic hydroxyl groups is 1. The van der Waals surface area contributed by atoms with Gasteiger partial charge in [0.1, 0.15) is 28.6 Å². The van der Waals surface area contributed by atoms with E-state index in [1.807, 2.05) is 0 Å². The van der Waals surface area contributed by atoms with Crippen molar-refractivity contribution in [2.45, 2.75) is 25.9 Å². The topological polar surface area (TPSA) is 38.7 Å². The number of unbranched alkanes of at least 4 members (excludes halogenated alkanes) is 1. The molecule has 23 heavy (non-hydrogen) atoms. The average molecular weight is 326 g/mol. The van der Waals surface area contributed by atoms with E-state index in [0.29, 0.717) is 18.1 Å². The van der Waals surface area contributed by atoms with Crippen LogP contribution in [0.1, 0.15) is 25.3 Å². The maximum Gasteiger partial charge on any atom is 0.420 e. The molecule has 0 fully saturated rings. The lowest BCUT2D eigenvalue weighted by molar-refractivity contribution is -0.138. The summed E-state index contributed by atoms with van der Waals surface area (Å²) in [6, 6.07) is 9.60. The zero-order valence-electron chi connectivity index (χ0n) is 12.6. The molecule has 2 rings (SSSR count). The Morgan fingerprint density at radius 1 is 0.957 bits per heavy atom. The van der Waals surface area contributed by atoms with Crippen LogP contribution in [0.25, 0.3) is 0 Å². The van der Waals surface area contributed by atoms with Crippen LogP contribution in [-0.4, -0.2) is 11.7 Å². The number of phenolic OH excluding ortho intramolecular Hbond substituents is 1. The van der Waals surface area contributed by atoms with E-state index < -0.39 is 17.5 Å². The van der Waals surface area contributed by atoms with E-state index in [1.54, 1.807) is 24.3 Å². The van der Waals surface area contributed by atoms with Gasteiger partial charge in [-0.25, -0.2) is 0 Å². The van der Waals surface area contributed by atoms with Gasteiger partial charge in [0.15, 0.2) is 0 Å². The highest BCUT2D eigenvalue weighted by Gasteiger charge is 2.34. The molecule has 3 nitrogen and oxygen atoms in total. The van der Waals surface area contributed by atoms with E-state index in [2.05, 4.69) is 6.92 Å². The molecular formula is C17H17F3O3. The van der Waals surface area contributed by atoms with Crippen LogP contribution in [0.5, 0.6) is 23.0 Å². The van der Waals surface area contributed by atoms with Crippen molar-refractivity contribution in [3.8, 4) is 23.0 Å². The molecule has 0 aliphatic rings. The summed E-state index contributed by atoms with van der Waals surface area (Å²) in [5.41, 5.74) is -1.13. The first-order valence-corrected chi connectivity index (χ1v) is 7.21. The molecule has 0 radical (unpaired) electrons. The van der Waals surface area contributed by atoms with Crippen LogP contribution in [0.15, 0.2) is 42.5 Å². The van der Waals surface area contributed by atoms with Crippen LogP contribution in [0, 0.1) is 0 Å². The minimum atomic E-state index is -4.64. The first-order valence-electron chi connectivity index (χ1n) is 7.21. The minimum absolute atomic E-state index is 0.00484. The van der Waals surface area contributed by atoms with Gasteiger partial charge in [0.2, 0.25) is 0 Å². The van der Waals surface area contributed by atoms with Crippen molar-refractivity contribution >= 4 is 0 Å². The average Bonchev–Trinajstić information content (AvgIpc) is 2.50. The van der Waals surface area contributed by atoms with Gasteiger partial charge in [-0.2, -0.15) is 13.2 Å². The summed E-state index contributed by atoms with van der Waals surface area (Å²) < 4.78 is 49.1. The van der Waals surface area contributed by atoms with E-state index in [4.69, 9.17) is 9.47 Å². The molecule has 0 spiro atoms. The standard InChI is InChI=1S/C17H17F3O3/c1-2-3-10-22-12-4-6-13(7-5-12)23-14-8-9-16(21)15(11-14)17(18,19)20/h4-9,11,21H,2-3,10H2,1H3. The summed E-state index contributed by atoms with van der Waals surface area (Å²) in [6.45, 7) is 2.68. The van der Waals surface area contributed by atoms with Crippen molar-refractivity contribution in [1.29, 1.82) is 0 Å². The van der Waals surface area contributed by atoms with Crippen molar-refractivity contribution in [3.05, 3.63) is 48.0 Å². The summed E-state index contributed by atoms with van der Waals surface area (Å²) in [7, 11) is 0. The molecule has 0 unspecified atom stereocenters. The Bertz CT molecular complexity index is 637. The second-order valence-corrected chi connectivity index (χ2v) is 4.95. The summed E-state index contributed by atoms with van der Waals surface area (Å²) in [5, 5.41) is 9.28. The van der Waals surface area contributed by atoms with E-state index in [0.717, 1.165) is 25.0 Å². The third-order valence-corrected chi connectivity index (χ3v) is 3.10. The van der Waals surface area contributed by atoms with E-state index >= 15 is 0 Å². The third-order valence-electron chi connectivity index (χ3n) is 3.10. The summed E-state index contributed by atoms with van der Waals surface area (Å²) in [6.07, 6.45) is -2.66. The first-order chi connectivity index (χ1) is 10.9. The normalized spacial score (nSPS) is 11.3. The highest BCUT2D eigenvalue weighted by Crippen LogP contribution is 2.38. The Hall–Kier alpha value is -2.37. The number of rotatable bonds is 6. The molecule has 6 heteroatoms. The van der Waals surface area contributed by atoms with Crippen molar-refractivity contribution < 1.29 is 27.8 Å². The second-order valence-electron chi connectivity index (χ2n) is 4.95.